The summed E-state index contributed by atoms with van der Waals surface area (Å²) in [5.41, 5.74) is 5.09. The smallest absolute Gasteiger partial charge is 0.223 e. The van der Waals surface area contributed by atoms with E-state index in [1.807, 2.05) is 17.4 Å². The molecule has 1 amide bonds. The van der Waals surface area contributed by atoms with Gasteiger partial charge in [-0.3, -0.25) is 4.79 Å². The van der Waals surface area contributed by atoms with E-state index >= 15 is 0 Å². The van der Waals surface area contributed by atoms with Crippen LogP contribution in [0.25, 0.3) is 0 Å². The normalized spacial score (nSPS) is 16.2. The SMILES string of the molecule is CCc1ccc(CCC(=O)N2CCc3sccc3C2c2ccccc2)cc1. The Morgan fingerprint density at radius 1 is 1.04 bits per heavy atom. The van der Waals surface area contributed by atoms with Gasteiger partial charge in [0.25, 0.3) is 0 Å². The van der Waals surface area contributed by atoms with Gasteiger partial charge in [-0.15, -0.1) is 11.3 Å². The van der Waals surface area contributed by atoms with Gasteiger partial charge < -0.3 is 4.90 Å². The van der Waals surface area contributed by atoms with Crippen LogP contribution in [0, 0.1) is 0 Å². The monoisotopic (exact) mass is 375 g/mol. The molecule has 0 saturated heterocycles. The van der Waals surface area contributed by atoms with Gasteiger partial charge in [-0.25, -0.2) is 0 Å². The van der Waals surface area contributed by atoms with Crippen LogP contribution in [0.5, 0.6) is 0 Å². The Labute approximate surface area is 165 Å². The molecule has 0 bridgehead atoms. The van der Waals surface area contributed by atoms with Gasteiger partial charge in [0.15, 0.2) is 0 Å². The fourth-order valence-electron chi connectivity index (χ4n) is 3.92. The largest absolute Gasteiger partial charge is 0.331 e. The lowest BCUT2D eigenvalue weighted by Crippen LogP contribution is -2.40. The maximum absolute atomic E-state index is 13.1. The van der Waals surface area contributed by atoms with E-state index < -0.39 is 0 Å². The highest BCUT2D eigenvalue weighted by molar-refractivity contribution is 7.10. The Morgan fingerprint density at radius 2 is 1.78 bits per heavy atom. The van der Waals surface area contributed by atoms with E-state index in [4.69, 9.17) is 0 Å². The summed E-state index contributed by atoms with van der Waals surface area (Å²) < 4.78 is 0. The highest BCUT2D eigenvalue weighted by Crippen LogP contribution is 2.38. The first-order valence-electron chi connectivity index (χ1n) is 9.74. The molecular weight excluding hydrogens is 350 g/mol. The highest BCUT2D eigenvalue weighted by Gasteiger charge is 2.32. The molecule has 0 fully saturated rings. The molecule has 1 unspecified atom stereocenters. The van der Waals surface area contributed by atoms with Crippen molar-refractivity contribution < 1.29 is 4.79 Å². The quantitative estimate of drug-likeness (QED) is 0.583. The topological polar surface area (TPSA) is 20.3 Å². The zero-order valence-electron chi connectivity index (χ0n) is 15.7. The Balaban J connectivity index is 1.53. The summed E-state index contributed by atoms with van der Waals surface area (Å²) in [6, 6.07) is 21.4. The number of benzene rings is 2. The second kappa shape index (κ2) is 8.10. The number of carbonyl (C=O) groups is 1. The predicted octanol–water partition coefficient (Wildman–Crippen LogP) is 5.42. The molecule has 1 aromatic heterocycles. The number of thiophene rings is 1. The average molecular weight is 376 g/mol. The molecule has 138 valence electrons. The third-order valence-corrected chi connectivity index (χ3v) is 6.46. The molecule has 4 rings (SSSR count). The van der Waals surface area contributed by atoms with Crippen LogP contribution in [0.4, 0.5) is 0 Å². The zero-order valence-corrected chi connectivity index (χ0v) is 16.5. The lowest BCUT2D eigenvalue weighted by molar-refractivity contribution is -0.133. The Bertz CT molecular complexity index is 898. The summed E-state index contributed by atoms with van der Waals surface area (Å²) in [7, 11) is 0. The molecule has 0 aliphatic carbocycles. The molecule has 1 aliphatic rings. The summed E-state index contributed by atoms with van der Waals surface area (Å²) in [4.78, 5) is 16.6. The average Bonchev–Trinajstić information content (AvgIpc) is 3.21. The van der Waals surface area contributed by atoms with Crippen LogP contribution >= 0.6 is 11.3 Å². The minimum absolute atomic E-state index is 0.0520. The van der Waals surface area contributed by atoms with Crippen molar-refractivity contribution in [2.24, 2.45) is 0 Å². The molecule has 2 aromatic carbocycles. The first-order chi connectivity index (χ1) is 13.3. The Hall–Kier alpha value is -2.39. The lowest BCUT2D eigenvalue weighted by Gasteiger charge is -2.36. The molecule has 0 saturated carbocycles. The van der Waals surface area contributed by atoms with Crippen LogP contribution < -0.4 is 0 Å². The number of amides is 1. The molecule has 1 atom stereocenters. The van der Waals surface area contributed by atoms with Crippen molar-refractivity contribution in [1.82, 2.24) is 4.90 Å². The van der Waals surface area contributed by atoms with Crippen molar-refractivity contribution in [2.45, 2.75) is 38.6 Å². The second-order valence-corrected chi connectivity index (χ2v) is 8.12. The second-order valence-electron chi connectivity index (χ2n) is 7.12. The van der Waals surface area contributed by atoms with Crippen molar-refractivity contribution in [3.05, 3.63) is 93.2 Å². The predicted molar refractivity (Wildman–Crippen MR) is 112 cm³/mol. The molecule has 2 nitrogen and oxygen atoms in total. The lowest BCUT2D eigenvalue weighted by atomic mass is 9.92. The number of rotatable bonds is 5. The zero-order chi connectivity index (χ0) is 18.6. The summed E-state index contributed by atoms with van der Waals surface area (Å²) in [5, 5.41) is 2.16. The third kappa shape index (κ3) is 3.84. The van der Waals surface area contributed by atoms with E-state index in [0.717, 1.165) is 25.8 Å². The van der Waals surface area contributed by atoms with Crippen molar-refractivity contribution in [3.63, 3.8) is 0 Å². The highest BCUT2D eigenvalue weighted by atomic mass is 32.1. The number of fused-ring (bicyclic) bond motifs is 1. The number of hydrogen-bond acceptors (Lipinski definition) is 2. The maximum atomic E-state index is 13.1. The summed E-state index contributed by atoms with van der Waals surface area (Å²) >= 11 is 1.81. The van der Waals surface area contributed by atoms with Crippen LogP contribution in [-0.4, -0.2) is 17.4 Å². The van der Waals surface area contributed by atoms with Gasteiger partial charge >= 0.3 is 0 Å². The van der Waals surface area contributed by atoms with Crippen molar-refractivity contribution >= 4 is 17.2 Å². The van der Waals surface area contributed by atoms with Crippen LogP contribution in [0.15, 0.2) is 66.0 Å². The first-order valence-corrected chi connectivity index (χ1v) is 10.6. The molecule has 3 aromatic rings. The molecule has 0 radical (unpaired) electrons. The number of hydrogen-bond donors (Lipinski definition) is 0. The molecule has 1 aliphatic heterocycles. The Morgan fingerprint density at radius 3 is 2.52 bits per heavy atom. The van der Waals surface area contributed by atoms with Gasteiger partial charge in [0.05, 0.1) is 6.04 Å². The van der Waals surface area contributed by atoms with Crippen molar-refractivity contribution in [2.75, 3.05) is 6.54 Å². The maximum Gasteiger partial charge on any atom is 0.223 e. The van der Waals surface area contributed by atoms with E-state index in [2.05, 4.69) is 71.8 Å². The van der Waals surface area contributed by atoms with E-state index in [1.165, 1.54) is 27.1 Å². The summed E-state index contributed by atoms with van der Waals surface area (Å²) in [5.74, 6) is 0.250. The third-order valence-electron chi connectivity index (χ3n) is 5.46. The molecule has 0 N–H and O–H groups in total. The Kier molecular flexibility index (Phi) is 5.40. The van der Waals surface area contributed by atoms with Gasteiger partial charge in [0, 0.05) is 17.8 Å². The molecule has 3 heteroatoms. The molecular formula is C24H25NOS. The van der Waals surface area contributed by atoms with E-state index in [0.29, 0.717) is 6.42 Å². The minimum atomic E-state index is 0.0520. The van der Waals surface area contributed by atoms with E-state index in [9.17, 15) is 4.79 Å². The van der Waals surface area contributed by atoms with Gasteiger partial charge in [-0.2, -0.15) is 0 Å². The van der Waals surface area contributed by atoms with Gasteiger partial charge in [0.1, 0.15) is 0 Å². The van der Waals surface area contributed by atoms with E-state index in [1.54, 1.807) is 0 Å². The fraction of sp³-hybridized carbons (Fsp3) is 0.292. The first kappa shape index (κ1) is 18.0. The molecule has 27 heavy (non-hydrogen) atoms. The number of carbonyl (C=O) groups excluding carboxylic acids is 1. The number of aryl methyl sites for hydroxylation is 2. The van der Waals surface area contributed by atoms with Crippen LogP contribution in [-0.2, 0) is 24.1 Å². The van der Waals surface area contributed by atoms with Crippen LogP contribution in [0.2, 0.25) is 0 Å². The van der Waals surface area contributed by atoms with Gasteiger partial charge in [-0.1, -0.05) is 61.5 Å². The van der Waals surface area contributed by atoms with Gasteiger partial charge in [-0.05, 0) is 53.0 Å². The van der Waals surface area contributed by atoms with E-state index in [-0.39, 0.29) is 11.9 Å². The number of nitrogens with zero attached hydrogens (tertiary/aromatic N) is 1. The molecule has 2 heterocycles. The minimum Gasteiger partial charge on any atom is -0.331 e. The van der Waals surface area contributed by atoms with Gasteiger partial charge in [0.2, 0.25) is 5.91 Å². The van der Waals surface area contributed by atoms with Crippen molar-refractivity contribution in [3.8, 4) is 0 Å². The summed E-state index contributed by atoms with van der Waals surface area (Å²) in [6.45, 7) is 2.97. The standard InChI is InChI=1S/C24H25NOS/c1-2-18-8-10-19(11-9-18)12-13-23(26)25-16-14-22-21(15-17-27-22)24(25)20-6-4-3-5-7-20/h3-11,15,17,24H,2,12-14,16H2,1H3. The van der Waals surface area contributed by atoms with Crippen LogP contribution in [0.1, 0.15) is 46.5 Å². The van der Waals surface area contributed by atoms with Crippen molar-refractivity contribution in [1.29, 1.82) is 0 Å². The summed E-state index contributed by atoms with van der Waals surface area (Å²) in [6.07, 6.45) is 3.38. The molecule has 0 spiro atoms. The van der Waals surface area contributed by atoms with Crippen LogP contribution in [0.3, 0.4) is 0 Å². The fourth-order valence-corrected chi connectivity index (χ4v) is 4.82.